The smallest absolute Gasteiger partial charge is 0.258 e. The lowest BCUT2D eigenvalue weighted by molar-refractivity contribution is 1.10. The van der Waals surface area contributed by atoms with E-state index < -0.39 is 0 Å². The van der Waals surface area contributed by atoms with Crippen molar-refractivity contribution in [2.24, 2.45) is 0 Å². The number of hydrogen-bond donors (Lipinski definition) is 1. The molecular weight excluding hydrogens is 188 g/mol. The van der Waals surface area contributed by atoms with Crippen LogP contribution in [0, 0.1) is 0 Å². The first-order valence-corrected chi connectivity index (χ1v) is 4.94. The molecule has 2 aromatic rings. The van der Waals surface area contributed by atoms with Crippen molar-refractivity contribution in [2.45, 2.75) is 13.3 Å². The number of hydrogen-bond acceptors (Lipinski definition) is 2. The Balaban J connectivity index is 2.64. The van der Waals surface area contributed by atoms with Crippen LogP contribution in [0.3, 0.4) is 0 Å². The summed E-state index contributed by atoms with van der Waals surface area (Å²) in [5.41, 5.74) is 2.67. The van der Waals surface area contributed by atoms with E-state index in [4.69, 9.17) is 0 Å². The fraction of sp³-hybridized carbons (Fsp3) is 0.167. The van der Waals surface area contributed by atoms with Crippen molar-refractivity contribution in [3.63, 3.8) is 0 Å². The van der Waals surface area contributed by atoms with E-state index in [9.17, 15) is 4.79 Å². The maximum absolute atomic E-state index is 11.6. The molecule has 0 aliphatic rings. The molecule has 76 valence electrons. The minimum Gasteiger partial charge on any atom is -0.313 e. The minimum atomic E-state index is -0.0918. The van der Waals surface area contributed by atoms with Crippen molar-refractivity contribution >= 4 is 0 Å². The van der Waals surface area contributed by atoms with Gasteiger partial charge in [0.05, 0.1) is 11.9 Å². The summed E-state index contributed by atoms with van der Waals surface area (Å²) in [6.45, 7) is 2.07. The topological polar surface area (TPSA) is 45.8 Å². The lowest BCUT2D eigenvalue weighted by Gasteiger charge is -2.05. The molecule has 0 bridgehead atoms. The van der Waals surface area contributed by atoms with E-state index in [2.05, 4.69) is 16.9 Å². The molecule has 1 heterocycles. The molecule has 1 aromatic heterocycles. The van der Waals surface area contributed by atoms with Crippen LogP contribution in [0.2, 0.25) is 0 Å². The van der Waals surface area contributed by atoms with Gasteiger partial charge in [-0.2, -0.15) is 0 Å². The predicted octanol–water partition coefficient (Wildman–Crippen LogP) is 2.00. The summed E-state index contributed by atoms with van der Waals surface area (Å²) >= 11 is 0. The number of benzene rings is 1. The van der Waals surface area contributed by atoms with Gasteiger partial charge in [0.15, 0.2) is 0 Å². The van der Waals surface area contributed by atoms with Crippen molar-refractivity contribution in [1.82, 2.24) is 9.97 Å². The van der Waals surface area contributed by atoms with Gasteiger partial charge in [0.25, 0.3) is 5.56 Å². The molecule has 0 aliphatic heterocycles. The summed E-state index contributed by atoms with van der Waals surface area (Å²) < 4.78 is 0. The molecule has 3 heteroatoms. The fourth-order valence-corrected chi connectivity index (χ4v) is 1.63. The molecule has 0 saturated heterocycles. The number of aryl methyl sites for hydroxylation is 1. The van der Waals surface area contributed by atoms with Crippen LogP contribution < -0.4 is 5.56 Å². The summed E-state index contributed by atoms with van der Waals surface area (Å²) in [6, 6.07) is 7.89. The summed E-state index contributed by atoms with van der Waals surface area (Å²) in [4.78, 5) is 18.1. The van der Waals surface area contributed by atoms with E-state index in [0.29, 0.717) is 5.56 Å². The monoisotopic (exact) mass is 200 g/mol. The Labute approximate surface area is 87.8 Å². The van der Waals surface area contributed by atoms with Crippen molar-refractivity contribution < 1.29 is 0 Å². The van der Waals surface area contributed by atoms with Crippen LogP contribution in [-0.4, -0.2) is 9.97 Å². The Morgan fingerprint density at radius 3 is 2.80 bits per heavy atom. The van der Waals surface area contributed by atoms with E-state index in [-0.39, 0.29) is 5.56 Å². The highest BCUT2D eigenvalue weighted by atomic mass is 16.1. The lowest BCUT2D eigenvalue weighted by atomic mass is 10.0. The Morgan fingerprint density at radius 1 is 1.27 bits per heavy atom. The first kappa shape index (κ1) is 9.65. The molecule has 1 aromatic carbocycles. The summed E-state index contributed by atoms with van der Waals surface area (Å²) in [5, 5.41) is 0. The van der Waals surface area contributed by atoms with Crippen LogP contribution in [0.4, 0.5) is 0 Å². The van der Waals surface area contributed by atoms with Crippen LogP contribution >= 0.6 is 0 Å². The molecule has 2 rings (SSSR count). The molecule has 0 aliphatic carbocycles. The molecule has 15 heavy (non-hydrogen) atoms. The van der Waals surface area contributed by atoms with Crippen LogP contribution in [0.1, 0.15) is 12.5 Å². The number of nitrogens with one attached hydrogen (secondary N) is 1. The largest absolute Gasteiger partial charge is 0.313 e. The lowest BCUT2D eigenvalue weighted by Crippen LogP contribution is -2.09. The first-order chi connectivity index (χ1) is 7.33. The number of nitrogens with zero attached hydrogens (tertiary/aromatic N) is 1. The van der Waals surface area contributed by atoms with Crippen molar-refractivity contribution in [1.29, 1.82) is 0 Å². The first-order valence-electron chi connectivity index (χ1n) is 4.94. The third-order valence-electron chi connectivity index (χ3n) is 2.41. The van der Waals surface area contributed by atoms with Gasteiger partial charge in [0, 0.05) is 6.20 Å². The fourth-order valence-electron chi connectivity index (χ4n) is 1.63. The normalized spacial score (nSPS) is 10.2. The SMILES string of the molecule is CCc1ccccc1-c1cnc[nH]c1=O. The van der Waals surface area contributed by atoms with Crippen LogP contribution in [0.25, 0.3) is 11.1 Å². The van der Waals surface area contributed by atoms with Gasteiger partial charge in [-0.1, -0.05) is 31.2 Å². The van der Waals surface area contributed by atoms with E-state index in [0.717, 1.165) is 17.5 Å². The number of aromatic amines is 1. The van der Waals surface area contributed by atoms with Crippen molar-refractivity contribution in [2.75, 3.05) is 0 Å². The van der Waals surface area contributed by atoms with Crippen molar-refractivity contribution in [3.8, 4) is 11.1 Å². The van der Waals surface area contributed by atoms with Crippen LogP contribution in [0.15, 0.2) is 41.6 Å². The number of rotatable bonds is 2. The highest BCUT2D eigenvalue weighted by Gasteiger charge is 2.06. The van der Waals surface area contributed by atoms with Gasteiger partial charge in [-0.15, -0.1) is 0 Å². The summed E-state index contributed by atoms with van der Waals surface area (Å²) in [6.07, 6.45) is 3.91. The van der Waals surface area contributed by atoms with Gasteiger partial charge in [-0.3, -0.25) is 4.79 Å². The Bertz CT molecular complexity index is 517. The maximum Gasteiger partial charge on any atom is 0.258 e. The number of aromatic nitrogens is 2. The Morgan fingerprint density at radius 2 is 2.07 bits per heavy atom. The average Bonchev–Trinajstić information content (AvgIpc) is 2.30. The van der Waals surface area contributed by atoms with Crippen LogP contribution in [-0.2, 0) is 6.42 Å². The molecule has 1 N–H and O–H groups in total. The van der Waals surface area contributed by atoms with Crippen molar-refractivity contribution in [3.05, 3.63) is 52.7 Å². The molecule has 0 unspecified atom stereocenters. The maximum atomic E-state index is 11.6. The van der Waals surface area contributed by atoms with E-state index >= 15 is 0 Å². The second-order valence-corrected chi connectivity index (χ2v) is 3.31. The van der Waals surface area contributed by atoms with E-state index in [1.807, 2.05) is 24.3 Å². The third-order valence-corrected chi connectivity index (χ3v) is 2.41. The van der Waals surface area contributed by atoms with E-state index in [1.165, 1.54) is 6.33 Å². The summed E-state index contributed by atoms with van der Waals surface area (Å²) in [7, 11) is 0. The zero-order valence-electron chi connectivity index (χ0n) is 8.53. The second-order valence-electron chi connectivity index (χ2n) is 3.31. The second kappa shape index (κ2) is 4.09. The Hall–Kier alpha value is -1.90. The minimum absolute atomic E-state index is 0.0918. The van der Waals surface area contributed by atoms with Gasteiger partial charge in [0.2, 0.25) is 0 Å². The zero-order valence-corrected chi connectivity index (χ0v) is 8.53. The van der Waals surface area contributed by atoms with Gasteiger partial charge in [-0.05, 0) is 17.5 Å². The van der Waals surface area contributed by atoms with Gasteiger partial charge in [0.1, 0.15) is 0 Å². The highest BCUT2D eigenvalue weighted by Crippen LogP contribution is 2.19. The molecule has 0 saturated carbocycles. The van der Waals surface area contributed by atoms with Gasteiger partial charge in [-0.25, -0.2) is 4.98 Å². The molecule has 0 atom stereocenters. The van der Waals surface area contributed by atoms with Gasteiger partial charge >= 0.3 is 0 Å². The molecule has 3 nitrogen and oxygen atoms in total. The molecule has 0 spiro atoms. The number of H-pyrrole nitrogens is 1. The molecule has 0 radical (unpaired) electrons. The van der Waals surface area contributed by atoms with E-state index in [1.54, 1.807) is 6.20 Å². The quantitative estimate of drug-likeness (QED) is 0.805. The highest BCUT2D eigenvalue weighted by molar-refractivity contribution is 5.65. The zero-order chi connectivity index (χ0) is 10.7. The van der Waals surface area contributed by atoms with Crippen LogP contribution in [0.5, 0.6) is 0 Å². The standard InChI is InChI=1S/C12H12N2O/c1-2-9-5-3-4-6-10(9)11-7-13-8-14-12(11)15/h3-8H,2H2,1H3,(H,13,14,15). The molecule has 0 amide bonds. The average molecular weight is 200 g/mol. The Kier molecular flexibility index (Phi) is 2.63. The molecular formula is C12H12N2O. The summed E-state index contributed by atoms with van der Waals surface area (Å²) in [5.74, 6) is 0. The predicted molar refractivity (Wildman–Crippen MR) is 59.7 cm³/mol. The van der Waals surface area contributed by atoms with Gasteiger partial charge < -0.3 is 4.98 Å². The molecule has 0 fully saturated rings. The third kappa shape index (κ3) is 1.81.